The number of imidazole rings is 1. The van der Waals surface area contributed by atoms with E-state index in [0.717, 1.165) is 48.7 Å². The van der Waals surface area contributed by atoms with E-state index in [9.17, 15) is 0 Å². The van der Waals surface area contributed by atoms with Crippen molar-refractivity contribution >= 4 is 17.4 Å². The Bertz CT molecular complexity index is 561. The Morgan fingerprint density at radius 1 is 1.26 bits per heavy atom. The molecule has 0 atom stereocenters. The molecule has 1 aromatic carbocycles. The first-order valence-electron chi connectivity index (χ1n) is 6.78. The number of anilines is 1. The van der Waals surface area contributed by atoms with Gasteiger partial charge in [0, 0.05) is 18.5 Å². The Morgan fingerprint density at radius 2 is 2.00 bits per heavy atom. The smallest absolute Gasteiger partial charge is 0.131 e. The number of nitrogen functional groups attached to an aromatic ring is 1. The van der Waals surface area contributed by atoms with E-state index >= 15 is 0 Å². The summed E-state index contributed by atoms with van der Waals surface area (Å²) >= 11 is 6.24. The molecule has 0 saturated carbocycles. The maximum atomic E-state index is 6.26. The van der Waals surface area contributed by atoms with Gasteiger partial charge in [-0.1, -0.05) is 50.1 Å². The van der Waals surface area contributed by atoms with E-state index in [0.29, 0.717) is 5.02 Å². The number of aromatic nitrogens is 2. The number of hydrogen-bond acceptors (Lipinski definition) is 2. The molecule has 0 amide bonds. The monoisotopic (exact) mass is 277 g/mol. The number of nitrogens with zero attached hydrogens (tertiary/aromatic N) is 2. The molecule has 0 fully saturated rings. The molecule has 19 heavy (non-hydrogen) atoms. The molecular weight excluding hydrogens is 258 g/mol. The van der Waals surface area contributed by atoms with Crippen LogP contribution >= 0.6 is 11.6 Å². The second-order valence-corrected chi connectivity index (χ2v) is 5.01. The van der Waals surface area contributed by atoms with Crippen LogP contribution in [0.2, 0.25) is 5.02 Å². The zero-order chi connectivity index (χ0) is 13.8. The normalized spacial score (nSPS) is 10.9. The number of halogens is 1. The maximum absolute atomic E-state index is 6.26. The van der Waals surface area contributed by atoms with E-state index in [1.807, 2.05) is 24.3 Å². The van der Waals surface area contributed by atoms with Crippen molar-refractivity contribution in [1.29, 1.82) is 0 Å². The second kappa shape index (κ2) is 6.11. The van der Waals surface area contributed by atoms with Gasteiger partial charge in [-0.05, 0) is 12.5 Å². The van der Waals surface area contributed by atoms with Gasteiger partial charge < -0.3 is 10.3 Å². The summed E-state index contributed by atoms with van der Waals surface area (Å²) in [5.41, 5.74) is 7.98. The van der Waals surface area contributed by atoms with Crippen molar-refractivity contribution in [3.05, 3.63) is 35.1 Å². The molecular formula is C15H20ClN3. The van der Waals surface area contributed by atoms with Crippen LogP contribution in [-0.4, -0.2) is 9.55 Å². The summed E-state index contributed by atoms with van der Waals surface area (Å²) in [6, 6.07) is 7.70. The Balaban J connectivity index is 2.48. The van der Waals surface area contributed by atoms with Gasteiger partial charge in [-0.2, -0.15) is 0 Å². The molecule has 102 valence electrons. The summed E-state index contributed by atoms with van der Waals surface area (Å²) in [6.07, 6.45) is 3.12. The van der Waals surface area contributed by atoms with Crippen molar-refractivity contribution in [2.24, 2.45) is 0 Å². The van der Waals surface area contributed by atoms with Crippen LogP contribution in [0.1, 0.15) is 32.5 Å². The first-order chi connectivity index (χ1) is 9.19. The standard InChI is InChI=1S/C15H20ClN3/c1-3-5-10-19-13(4-2)18-14(15(19)17)11-8-6-7-9-12(11)16/h6-9H,3-5,10,17H2,1-2H3. The lowest BCUT2D eigenvalue weighted by molar-refractivity contribution is 0.612. The maximum Gasteiger partial charge on any atom is 0.131 e. The van der Waals surface area contributed by atoms with E-state index in [4.69, 9.17) is 17.3 Å². The Morgan fingerprint density at radius 3 is 2.63 bits per heavy atom. The van der Waals surface area contributed by atoms with Gasteiger partial charge in [0.25, 0.3) is 0 Å². The van der Waals surface area contributed by atoms with Crippen LogP contribution in [0, 0.1) is 0 Å². The highest BCUT2D eigenvalue weighted by atomic mass is 35.5. The third-order valence-corrected chi connectivity index (χ3v) is 3.60. The Hall–Kier alpha value is -1.48. The van der Waals surface area contributed by atoms with Crippen LogP contribution in [0.5, 0.6) is 0 Å². The molecule has 3 nitrogen and oxygen atoms in total. The highest BCUT2D eigenvalue weighted by molar-refractivity contribution is 6.33. The molecule has 4 heteroatoms. The van der Waals surface area contributed by atoms with Crippen LogP contribution in [-0.2, 0) is 13.0 Å². The fraction of sp³-hybridized carbons (Fsp3) is 0.400. The highest BCUT2D eigenvalue weighted by Gasteiger charge is 2.16. The second-order valence-electron chi connectivity index (χ2n) is 4.60. The molecule has 1 aromatic heterocycles. The first kappa shape index (κ1) is 13.9. The number of unbranched alkanes of at least 4 members (excludes halogenated alkanes) is 1. The molecule has 0 unspecified atom stereocenters. The van der Waals surface area contributed by atoms with E-state index in [-0.39, 0.29) is 0 Å². The fourth-order valence-corrected chi connectivity index (χ4v) is 2.43. The number of benzene rings is 1. The molecule has 0 radical (unpaired) electrons. The summed E-state index contributed by atoms with van der Waals surface area (Å²) < 4.78 is 2.11. The molecule has 0 aliphatic carbocycles. The fourth-order valence-electron chi connectivity index (χ4n) is 2.20. The molecule has 0 saturated heterocycles. The van der Waals surface area contributed by atoms with Crippen molar-refractivity contribution in [3.8, 4) is 11.3 Å². The molecule has 2 N–H and O–H groups in total. The Kier molecular flexibility index (Phi) is 4.48. The SMILES string of the molecule is CCCCn1c(CC)nc(-c2ccccc2Cl)c1N. The quantitative estimate of drug-likeness (QED) is 0.892. The van der Waals surface area contributed by atoms with Gasteiger partial charge in [-0.3, -0.25) is 0 Å². The summed E-state index contributed by atoms with van der Waals surface area (Å²) in [6.45, 7) is 5.19. The van der Waals surface area contributed by atoms with Crippen molar-refractivity contribution in [3.63, 3.8) is 0 Å². The van der Waals surface area contributed by atoms with E-state index in [2.05, 4.69) is 23.4 Å². The predicted molar refractivity (Wildman–Crippen MR) is 81.4 cm³/mol. The molecule has 0 spiro atoms. The highest BCUT2D eigenvalue weighted by Crippen LogP contribution is 2.32. The van der Waals surface area contributed by atoms with Gasteiger partial charge in [0.05, 0.1) is 5.02 Å². The average molecular weight is 278 g/mol. The molecule has 1 heterocycles. The molecule has 2 aromatic rings. The number of hydrogen-bond donors (Lipinski definition) is 1. The third kappa shape index (κ3) is 2.76. The van der Waals surface area contributed by atoms with Gasteiger partial charge >= 0.3 is 0 Å². The minimum absolute atomic E-state index is 0.692. The predicted octanol–water partition coefficient (Wildman–Crippen LogP) is 4.15. The average Bonchev–Trinajstić information content (AvgIpc) is 2.73. The van der Waals surface area contributed by atoms with Crippen molar-refractivity contribution in [2.45, 2.75) is 39.7 Å². The summed E-state index contributed by atoms with van der Waals surface area (Å²) in [7, 11) is 0. The minimum Gasteiger partial charge on any atom is -0.383 e. The summed E-state index contributed by atoms with van der Waals surface area (Å²) in [5.74, 6) is 1.75. The lowest BCUT2D eigenvalue weighted by atomic mass is 10.1. The molecule has 0 aliphatic rings. The van der Waals surface area contributed by atoms with Crippen molar-refractivity contribution < 1.29 is 0 Å². The third-order valence-electron chi connectivity index (χ3n) is 3.27. The van der Waals surface area contributed by atoms with E-state index in [1.54, 1.807) is 0 Å². The molecule has 0 bridgehead atoms. The summed E-state index contributed by atoms with van der Waals surface area (Å²) in [5, 5.41) is 0.692. The van der Waals surface area contributed by atoms with Gasteiger partial charge in [0.1, 0.15) is 17.3 Å². The van der Waals surface area contributed by atoms with Gasteiger partial charge in [0.2, 0.25) is 0 Å². The van der Waals surface area contributed by atoms with Crippen LogP contribution in [0.25, 0.3) is 11.3 Å². The zero-order valence-electron chi connectivity index (χ0n) is 11.5. The number of rotatable bonds is 5. The number of nitrogens with two attached hydrogens (primary N) is 1. The largest absolute Gasteiger partial charge is 0.383 e. The zero-order valence-corrected chi connectivity index (χ0v) is 12.2. The van der Waals surface area contributed by atoms with Crippen LogP contribution in [0.15, 0.2) is 24.3 Å². The lowest BCUT2D eigenvalue weighted by Gasteiger charge is -2.08. The number of aryl methyl sites for hydroxylation is 1. The molecule has 0 aliphatic heterocycles. The van der Waals surface area contributed by atoms with E-state index < -0.39 is 0 Å². The van der Waals surface area contributed by atoms with Crippen LogP contribution < -0.4 is 5.73 Å². The van der Waals surface area contributed by atoms with Gasteiger partial charge in [0.15, 0.2) is 0 Å². The topological polar surface area (TPSA) is 43.8 Å². The molecule has 2 rings (SSSR count). The van der Waals surface area contributed by atoms with Crippen LogP contribution in [0.3, 0.4) is 0 Å². The van der Waals surface area contributed by atoms with Crippen molar-refractivity contribution in [2.75, 3.05) is 5.73 Å². The Labute approximate surface area is 119 Å². The van der Waals surface area contributed by atoms with Crippen molar-refractivity contribution in [1.82, 2.24) is 9.55 Å². The van der Waals surface area contributed by atoms with E-state index in [1.165, 1.54) is 0 Å². The van der Waals surface area contributed by atoms with Gasteiger partial charge in [-0.15, -0.1) is 0 Å². The van der Waals surface area contributed by atoms with Crippen LogP contribution in [0.4, 0.5) is 5.82 Å². The van der Waals surface area contributed by atoms with Gasteiger partial charge in [-0.25, -0.2) is 4.98 Å². The summed E-state index contributed by atoms with van der Waals surface area (Å²) in [4.78, 5) is 4.67. The lowest BCUT2D eigenvalue weighted by Crippen LogP contribution is -2.06. The minimum atomic E-state index is 0.692. The first-order valence-corrected chi connectivity index (χ1v) is 7.16.